The number of nitrogens with one attached hydrogen (secondary N) is 1. The second-order valence-electron chi connectivity index (χ2n) is 6.86. The van der Waals surface area contributed by atoms with Gasteiger partial charge in [0.15, 0.2) is 0 Å². The Morgan fingerprint density at radius 1 is 1.30 bits per heavy atom. The Morgan fingerprint density at radius 3 is 2.33 bits per heavy atom. The highest BCUT2D eigenvalue weighted by molar-refractivity contribution is 7.11. The van der Waals surface area contributed by atoms with Crippen molar-refractivity contribution < 1.29 is 27.9 Å². The SMILES string of the molecule is Cc1nc2c(s1)CNCC21CCN(C(=O)N(C)C)CC1.O=C(O)C(F)(F)F. The molecule has 0 unspecified atom stereocenters. The van der Waals surface area contributed by atoms with Crippen molar-refractivity contribution in [2.24, 2.45) is 0 Å². The van der Waals surface area contributed by atoms with Crippen molar-refractivity contribution in [3.05, 3.63) is 15.6 Å². The number of piperidine rings is 1. The van der Waals surface area contributed by atoms with Crippen LogP contribution in [0.15, 0.2) is 0 Å². The fourth-order valence-corrected chi connectivity index (χ4v) is 4.35. The van der Waals surface area contributed by atoms with E-state index in [1.165, 1.54) is 10.6 Å². The normalized spacial score (nSPS) is 18.4. The van der Waals surface area contributed by atoms with Gasteiger partial charge in [-0.2, -0.15) is 13.2 Å². The van der Waals surface area contributed by atoms with Crippen molar-refractivity contribution in [3.8, 4) is 0 Å². The fraction of sp³-hybridized carbons (Fsp3) is 0.688. The number of alkyl halides is 3. The van der Waals surface area contributed by atoms with Crippen LogP contribution in [0.5, 0.6) is 0 Å². The maximum absolute atomic E-state index is 12.0. The van der Waals surface area contributed by atoms with Gasteiger partial charge in [-0.3, -0.25) is 0 Å². The molecule has 2 aliphatic rings. The molecule has 0 saturated carbocycles. The van der Waals surface area contributed by atoms with Crippen LogP contribution in [0.2, 0.25) is 0 Å². The summed E-state index contributed by atoms with van der Waals surface area (Å²) in [6, 6.07) is 0.123. The van der Waals surface area contributed by atoms with Crippen molar-refractivity contribution in [1.82, 2.24) is 20.1 Å². The number of fused-ring (bicyclic) bond motifs is 2. The molecule has 0 aliphatic carbocycles. The summed E-state index contributed by atoms with van der Waals surface area (Å²) in [5, 5.41) is 11.8. The van der Waals surface area contributed by atoms with Crippen molar-refractivity contribution >= 4 is 23.3 Å². The van der Waals surface area contributed by atoms with E-state index < -0.39 is 12.1 Å². The van der Waals surface area contributed by atoms with Crippen molar-refractivity contribution in [2.45, 2.75) is 37.9 Å². The van der Waals surface area contributed by atoms with E-state index in [1.807, 2.05) is 30.3 Å². The monoisotopic (exact) mass is 408 g/mol. The Balaban J connectivity index is 0.000000321. The summed E-state index contributed by atoms with van der Waals surface area (Å²) >= 11 is 1.81. The third kappa shape index (κ3) is 4.89. The van der Waals surface area contributed by atoms with E-state index in [0.717, 1.165) is 44.0 Å². The zero-order chi connectivity index (χ0) is 20.4. The lowest BCUT2D eigenvalue weighted by atomic mass is 9.73. The minimum absolute atomic E-state index is 0.123. The number of likely N-dealkylation sites (tertiary alicyclic amines) is 1. The quantitative estimate of drug-likeness (QED) is 0.688. The van der Waals surface area contributed by atoms with Gasteiger partial charge in [-0.25, -0.2) is 14.6 Å². The second kappa shape index (κ2) is 8.01. The molecule has 1 fully saturated rings. The van der Waals surface area contributed by atoms with Crippen LogP contribution in [0.3, 0.4) is 0 Å². The van der Waals surface area contributed by atoms with E-state index in [-0.39, 0.29) is 11.4 Å². The molecule has 1 spiro atoms. The zero-order valence-electron chi connectivity index (χ0n) is 15.4. The number of halogens is 3. The van der Waals surface area contributed by atoms with Gasteiger partial charge < -0.3 is 20.2 Å². The largest absolute Gasteiger partial charge is 0.490 e. The van der Waals surface area contributed by atoms with Gasteiger partial charge in [0.2, 0.25) is 0 Å². The highest BCUT2D eigenvalue weighted by Crippen LogP contribution is 2.40. The van der Waals surface area contributed by atoms with E-state index >= 15 is 0 Å². The summed E-state index contributed by atoms with van der Waals surface area (Å²) in [6.45, 7) is 5.68. The Morgan fingerprint density at radius 2 is 1.85 bits per heavy atom. The summed E-state index contributed by atoms with van der Waals surface area (Å²) in [6.07, 6.45) is -3.06. The highest BCUT2D eigenvalue weighted by atomic mass is 32.1. The van der Waals surface area contributed by atoms with Gasteiger partial charge >= 0.3 is 18.2 Å². The smallest absolute Gasteiger partial charge is 0.475 e. The number of urea groups is 1. The number of nitrogens with zero attached hydrogens (tertiary/aromatic N) is 3. The molecule has 1 aromatic heterocycles. The van der Waals surface area contributed by atoms with Crippen LogP contribution in [0.1, 0.15) is 28.4 Å². The van der Waals surface area contributed by atoms with Gasteiger partial charge in [-0.1, -0.05) is 0 Å². The maximum Gasteiger partial charge on any atom is 0.490 e. The number of aryl methyl sites for hydroxylation is 1. The first-order chi connectivity index (χ1) is 12.5. The predicted molar refractivity (Wildman–Crippen MR) is 93.8 cm³/mol. The molecule has 2 aliphatic heterocycles. The lowest BCUT2D eigenvalue weighted by Crippen LogP contribution is -2.53. The van der Waals surface area contributed by atoms with Crippen LogP contribution in [0, 0.1) is 6.92 Å². The number of thiazole rings is 1. The van der Waals surface area contributed by atoms with Crippen LogP contribution in [0.4, 0.5) is 18.0 Å². The molecule has 3 heterocycles. The number of rotatable bonds is 0. The van der Waals surface area contributed by atoms with Gasteiger partial charge in [-0.05, 0) is 19.8 Å². The number of aliphatic carboxylic acids is 1. The number of carbonyl (C=O) groups is 2. The molecule has 0 aromatic carbocycles. The number of carboxylic acid groups (broad SMARTS) is 1. The molecular formula is C16H23F3N4O3S. The number of aromatic nitrogens is 1. The van der Waals surface area contributed by atoms with E-state index in [4.69, 9.17) is 14.9 Å². The molecular weight excluding hydrogens is 385 g/mol. The Hall–Kier alpha value is -1.88. The standard InChI is InChI=1S/C14H22N4OS.C2HF3O2/c1-10-16-12-11(20-10)8-15-9-14(12)4-6-18(7-5-14)13(19)17(2)3;3-2(4,5)1(6)7/h15H,4-9H2,1-3H3;(H,6,7). The average molecular weight is 408 g/mol. The Kier molecular flexibility index (Phi) is 6.35. The molecule has 0 radical (unpaired) electrons. The van der Waals surface area contributed by atoms with Gasteiger partial charge in [0, 0.05) is 50.6 Å². The van der Waals surface area contributed by atoms with Gasteiger partial charge in [0.25, 0.3) is 0 Å². The number of carboxylic acids is 1. The van der Waals surface area contributed by atoms with Crippen LogP contribution in [-0.4, -0.2) is 71.8 Å². The molecule has 27 heavy (non-hydrogen) atoms. The summed E-state index contributed by atoms with van der Waals surface area (Å²) in [5.41, 5.74) is 1.44. The zero-order valence-corrected chi connectivity index (χ0v) is 16.2. The number of hydrogen-bond acceptors (Lipinski definition) is 5. The predicted octanol–water partition coefficient (Wildman–Crippen LogP) is 2.20. The molecule has 11 heteroatoms. The summed E-state index contributed by atoms with van der Waals surface area (Å²) in [7, 11) is 3.63. The minimum Gasteiger partial charge on any atom is -0.475 e. The van der Waals surface area contributed by atoms with Gasteiger partial charge in [-0.15, -0.1) is 11.3 Å². The van der Waals surface area contributed by atoms with E-state index in [9.17, 15) is 18.0 Å². The summed E-state index contributed by atoms with van der Waals surface area (Å²) in [5.74, 6) is -2.76. The molecule has 2 amide bonds. The third-order valence-electron chi connectivity index (χ3n) is 4.67. The van der Waals surface area contributed by atoms with E-state index in [0.29, 0.717) is 0 Å². The third-order valence-corrected chi connectivity index (χ3v) is 5.64. The maximum atomic E-state index is 12.0. The Bertz CT molecular complexity index is 698. The van der Waals surface area contributed by atoms with Crippen LogP contribution in [-0.2, 0) is 16.8 Å². The lowest BCUT2D eigenvalue weighted by Gasteiger charge is -2.44. The molecule has 1 aromatic rings. The number of hydrogen-bond donors (Lipinski definition) is 2. The fourth-order valence-electron chi connectivity index (χ4n) is 3.32. The number of amides is 2. The summed E-state index contributed by atoms with van der Waals surface area (Å²) in [4.78, 5) is 30.7. The van der Waals surface area contributed by atoms with Crippen molar-refractivity contribution in [1.29, 1.82) is 0 Å². The molecule has 3 rings (SSSR count). The molecule has 2 N–H and O–H groups in total. The van der Waals surface area contributed by atoms with Gasteiger partial charge in [0.1, 0.15) is 0 Å². The van der Waals surface area contributed by atoms with E-state index in [1.54, 1.807) is 4.90 Å². The highest BCUT2D eigenvalue weighted by Gasteiger charge is 2.42. The molecule has 152 valence electrons. The van der Waals surface area contributed by atoms with Crippen molar-refractivity contribution in [2.75, 3.05) is 33.7 Å². The van der Waals surface area contributed by atoms with Crippen LogP contribution >= 0.6 is 11.3 Å². The first-order valence-corrected chi connectivity index (χ1v) is 9.22. The summed E-state index contributed by atoms with van der Waals surface area (Å²) < 4.78 is 31.7. The van der Waals surface area contributed by atoms with Crippen molar-refractivity contribution in [3.63, 3.8) is 0 Å². The molecule has 7 nitrogen and oxygen atoms in total. The first-order valence-electron chi connectivity index (χ1n) is 8.40. The first kappa shape index (κ1) is 21.4. The second-order valence-corrected chi connectivity index (χ2v) is 8.14. The topological polar surface area (TPSA) is 85.8 Å². The van der Waals surface area contributed by atoms with Crippen LogP contribution in [0.25, 0.3) is 0 Å². The molecule has 1 saturated heterocycles. The molecule has 0 atom stereocenters. The average Bonchev–Trinajstić information content (AvgIpc) is 2.97. The lowest BCUT2D eigenvalue weighted by molar-refractivity contribution is -0.192. The van der Waals surface area contributed by atoms with Gasteiger partial charge in [0.05, 0.1) is 10.7 Å². The van der Waals surface area contributed by atoms with E-state index in [2.05, 4.69) is 12.2 Å². The Labute approximate surface area is 159 Å². The minimum atomic E-state index is -5.08. The van der Waals surface area contributed by atoms with Crippen LogP contribution < -0.4 is 5.32 Å². The number of carbonyl (C=O) groups excluding carboxylic acids is 1. The molecule has 0 bridgehead atoms.